The van der Waals surface area contributed by atoms with Gasteiger partial charge in [-0.25, -0.2) is 4.68 Å². The average molecular weight is 319 g/mol. The van der Waals surface area contributed by atoms with Crippen molar-refractivity contribution >= 4 is 17.5 Å². The van der Waals surface area contributed by atoms with E-state index < -0.39 is 0 Å². The molecule has 2 heterocycles. The molecule has 1 fully saturated rings. The standard InChI is InChI=1S/C16H19ClN4O/c1-18-10-15-3-2-8-20(15)16(22)12-9-19-21(11-12)14-6-4-13(17)5-7-14/h4-7,9,11,15,18H,2-3,8,10H2,1H3/t15-/m0/s1. The van der Waals surface area contributed by atoms with E-state index >= 15 is 0 Å². The first-order valence-corrected chi connectivity index (χ1v) is 7.83. The number of amides is 1. The fourth-order valence-corrected chi connectivity index (χ4v) is 3.01. The smallest absolute Gasteiger partial charge is 0.257 e. The van der Waals surface area contributed by atoms with Crippen molar-refractivity contribution < 1.29 is 4.79 Å². The molecule has 1 aromatic heterocycles. The Morgan fingerprint density at radius 2 is 2.18 bits per heavy atom. The van der Waals surface area contributed by atoms with Crippen LogP contribution < -0.4 is 5.32 Å². The van der Waals surface area contributed by atoms with Crippen molar-refractivity contribution in [2.75, 3.05) is 20.1 Å². The molecule has 1 aromatic carbocycles. The monoisotopic (exact) mass is 318 g/mol. The molecule has 1 N–H and O–H groups in total. The van der Waals surface area contributed by atoms with Crippen LogP contribution in [0.3, 0.4) is 0 Å². The number of hydrogen-bond acceptors (Lipinski definition) is 3. The van der Waals surface area contributed by atoms with Gasteiger partial charge < -0.3 is 10.2 Å². The molecule has 1 atom stereocenters. The quantitative estimate of drug-likeness (QED) is 0.941. The van der Waals surface area contributed by atoms with Gasteiger partial charge in [-0.05, 0) is 44.2 Å². The van der Waals surface area contributed by atoms with Gasteiger partial charge in [-0.2, -0.15) is 5.10 Å². The van der Waals surface area contributed by atoms with Crippen molar-refractivity contribution in [2.45, 2.75) is 18.9 Å². The molecule has 116 valence electrons. The van der Waals surface area contributed by atoms with Gasteiger partial charge >= 0.3 is 0 Å². The zero-order chi connectivity index (χ0) is 15.5. The van der Waals surface area contributed by atoms with Gasteiger partial charge in [-0.1, -0.05) is 11.6 Å². The first kappa shape index (κ1) is 15.1. The van der Waals surface area contributed by atoms with Gasteiger partial charge in [0.1, 0.15) is 0 Å². The Labute approximate surface area is 134 Å². The highest BCUT2D eigenvalue weighted by molar-refractivity contribution is 6.30. The minimum atomic E-state index is 0.0537. The lowest BCUT2D eigenvalue weighted by Gasteiger charge is -2.23. The number of carbonyl (C=O) groups excluding carboxylic acids is 1. The highest BCUT2D eigenvalue weighted by Gasteiger charge is 2.29. The molecule has 1 amide bonds. The highest BCUT2D eigenvalue weighted by Crippen LogP contribution is 2.20. The maximum atomic E-state index is 12.7. The summed E-state index contributed by atoms with van der Waals surface area (Å²) in [6.45, 7) is 1.65. The van der Waals surface area contributed by atoms with Crippen molar-refractivity contribution in [2.24, 2.45) is 0 Å². The van der Waals surface area contributed by atoms with E-state index in [4.69, 9.17) is 11.6 Å². The molecular formula is C16H19ClN4O. The van der Waals surface area contributed by atoms with E-state index in [1.165, 1.54) is 0 Å². The minimum Gasteiger partial charge on any atom is -0.334 e. The zero-order valence-corrected chi connectivity index (χ0v) is 13.3. The van der Waals surface area contributed by atoms with Crippen LogP contribution in [-0.4, -0.2) is 46.8 Å². The molecule has 0 unspecified atom stereocenters. The van der Waals surface area contributed by atoms with Crippen molar-refractivity contribution in [3.8, 4) is 5.69 Å². The summed E-state index contributed by atoms with van der Waals surface area (Å²) in [5.74, 6) is 0.0537. The summed E-state index contributed by atoms with van der Waals surface area (Å²) in [5.41, 5.74) is 1.51. The maximum absolute atomic E-state index is 12.7. The molecule has 3 rings (SSSR count). The topological polar surface area (TPSA) is 50.2 Å². The Morgan fingerprint density at radius 1 is 1.41 bits per heavy atom. The molecule has 2 aromatic rings. The van der Waals surface area contributed by atoms with Crippen LogP contribution in [0, 0.1) is 0 Å². The maximum Gasteiger partial charge on any atom is 0.257 e. The summed E-state index contributed by atoms with van der Waals surface area (Å²) in [6.07, 6.45) is 5.52. The lowest BCUT2D eigenvalue weighted by molar-refractivity contribution is 0.0737. The molecule has 0 radical (unpaired) electrons. The SMILES string of the molecule is CNC[C@@H]1CCCN1C(=O)c1cnn(-c2ccc(Cl)cc2)c1. The van der Waals surface area contributed by atoms with E-state index in [0.29, 0.717) is 10.6 Å². The van der Waals surface area contributed by atoms with Crippen LogP contribution in [0.15, 0.2) is 36.7 Å². The number of carbonyl (C=O) groups is 1. The van der Waals surface area contributed by atoms with Crippen molar-refractivity contribution in [1.82, 2.24) is 20.0 Å². The second-order valence-electron chi connectivity index (χ2n) is 5.50. The number of benzene rings is 1. The molecule has 1 saturated heterocycles. The Morgan fingerprint density at radius 3 is 2.91 bits per heavy atom. The first-order chi connectivity index (χ1) is 10.7. The Bertz CT molecular complexity index is 652. The summed E-state index contributed by atoms with van der Waals surface area (Å²) in [4.78, 5) is 14.6. The molecule has 22 heavy (non-hydrogen) atoms. The van der Waals surface area contributed by atoms with Gasteiger partial charge in [-0.15, -0.1) is 0 Å². The summed E-state index contributed by atoms with van der Waals surface area (Å²) >= 11 is 5.89. The molecule has 1 aliphatic heterocycles. The van der Waals surface area contributed by atoms with E-state index in [1.54, 1.807) is 17.1 Å². The van der Waals surface area contributed by atoms with Crippen molar-refractivity contribution in [3.05, 3.63) is 47.2 Å². The second-order valence-corrected chi connectivity index (χ2v) is 5.94. The lowest BCUT2D eigenvalue weighted by atomic mass is 10.2. The number of hydrogen-bond donors (Lipinski definition) is 1. The average Bonchev–Trinajstić information content (AvgIpc) is 3.17. The number of likely N-dealkylation sites (N-methyl/N-ethyl adjacent to an activating group) is 1. The number of nitrogens with one attached hydrogen (secondary N) is 1. The normalized spacial score (nSPS) is 17.9. The van der Waals surface area contributed by atoms with Gasteiger partial charge in [0.25, 0.3) is 5.91 Å². The van der Waals surface area contributed by atoms with Gasteiger partial charge in [0.05, 0.1) is 17.4 Å². The lowest BCUT2D eigenvalue weighted by Crippen LogP contribution is -2.40. The Kier molecular flexibility index (Phi) is 4.45. The van der Waals surface area contributed by atoms with Gasteiger partial charge in [-0.3, -0.25) is 4.79 Å². The first-order valence-electron chi connectivity index (χ1n) is 7.45. The van der Waals surface area contributed by atoms with E-state index in [2.05, 4.69) is 10.4 Å². The predicted octanol–water partition coefficient (Wildman–Crippen LogP) is 2.35. The number of halogens is 1. The third-order valence-electron chi connectivity index (χ3n) is 4.00. The van der Waals surface area contributed by atoms with Gasteiger partial charge in [0.15, 0.2) is 0 Å². The van der Waals surface area contributed by atoms with Crippen molar-refractivity contribution in [1.29, 1.82) is 0 Å². The summed E-state index contributed by atoms with van der Waals surface area (Å²) in [6, 6.07) is 7.65. The van der Waals surface area contributed by atoms with Gasteiger partial charge in [0.2, 0.25) is 0 Å². The molecule has 0 aliphatic carbocycles. The minimum absolute atomic E-state index is 0.0537. The molecule has 5 nitrogen and oxygen atoms in total. The van der Waals surface area contributed by atoms with E-state index in [1.807, 2.05) is 36.2 Å². The second kappa shape index (κ2) is 6.50. The summed E-state index contributed by atoms with van der Waals surface area (Å²) in [7, 11) is 1.92. The molecule has 1 aliphatic rings. The number of rotatable bonds is 4. The van der Waals surface area contributed by atoms with Crippen molar-refractivity contribution in [3.63, 3.8) is 0 Å². The van der Waals surface area contributed by atoms with Crippen LogP contribution in [0.5, 0.6) is 0 Å². The van der Waals surface area contributed by atoms with E-state index in [9.17, 15) is 4.79 Å². The van der Waals surface area contributed by atoms with E-state index in [-0.39, 0.29) is 11.9 Å². The number of nitrogens with zero attached hydrogens (tertiary/aromatic N) is 3. The van der Waals surface area contributed by atoms with Crippen LogP contribution in [-0.2, 0) is 0 Å². The summed E-state index contributed by atoms with van der Waals surface area (Å²) < 4.78 is 1.70. The van der Waals surface area contributed by atoms with Gasteiger partial charge in [0, 0.05) is 30.4 Å². The predicted molar refractivity (Wildman–Crippen MR) is 86.6 cm³/mol. The molecular weight excluding hydrogens is 300 g/mol. The van der Waals surface area contributed by atoms with Crippen LogP contribution in [0.25, 0.3) is 5.69 Å². The molecule has 0 bridgehead atoms. The number of aromatic nitrogens is 2. The van der Waals surface area contributed by atoms with Crippen LogP contribution >= 0.6 is 11.6 Å². The molecule has 0 saturated carbocycles. The third-order valence-corrected chi connectivity index (χ3v) is 4.25. The Balaban J connectivity index is 1.78. The third kappa shape index (κ3) is 3.00. The largest absolute Gasteiger partial charge is 0.334 e. The van der Waals surface area contributed by atoms with Crippen LogP contribution in [0.2, 0.25) is 5.02 Å². The summed E-state index contributed by atoms with van der Waals surface area (Å²) in [5, 5.41) is 8.12. The Hall–Kier alpha value is -1.85. The highest BCUT2D eigenvalue weighted by atomic mass is 35.5. The van der Waals surface area contributed by atoms with Crippen LogP contribution in [0.4, 0.5) is 0 Å². The number of likely N-dealkylation sites (tertiary alicyclic amines) is 1. The zero-order valence-electron chi connectivity index (χ0n) is 12.5. The fourth-order valence-electron chi connectivity index (χ4n) is 2.89. The fraction of sp³-hybridized carbons (Fsp3) is 0.375. The van der Waals surface area contributed by atoms with Crippen LogP contribution in [0.1, 0.15) is 23.2 Å². The molecule has 0 spiro atoms. The molecule has 6 heteroatoms. The van der Waals surface area contributed by atoms with E-state index in [0.717, 1.165) is 31.6 Å².